The van der Waals surface area contributed by atoms with Crippen LogP contribution in [-0.2, 0) is 10.0 Å². The lowest BCUT2D eigenvalue weighted by Gasteiger charge is -2.06. The van der Waals surface area contributed by atoms with Crippen LogP contribution in [0.15, 0.2) is 52.9 Å². The van der Waals surface area contributed by atoms with Gasteiger partial charge in [0.2, 0.25) is 5.13 Å². The van der Waals surface area contributed by atoms with E-state index >= 15 is 0 Å². The molecule has 0 radical (unpaired) electrons. The van der Waals surface area contributed by atoms with E-state index in [9.17, 15) is 13.2 Å². The molecular weight excluding hydrogens is 388 g/mol. The maximum Gasteiger partial charge on any atom is 0.291 e. The Morgan fingerprint density at radius 3 is 2.44 bits per heavy atom. The number of aromatic nitrogens is 2. The summed E-state index contributed by atoms with van der Waals surface area (Å²) >= 11 is 0.766. The van der Waals surface area contributed by atoms with Crippen molar-refractivity contribution >= 4 is 38.1 Å². The maximum atomic E-state index is 12.4. The number of carbonyl (C=O) groups is 1. The minimum absolute atomic E-state index is 0.0957. The quantitative estimate of drug-likeness (QED) is 0.611. The van der Waals surface area contributed by atoms with Crippen molar-refractivity contribution in [2.75, 3.05) is 17.1 Å². The maximum absolute atomic E-state index is 12.4. The van der Waals surface area contributed by atoms with Crippen molar-refractivity contribution < 1.29 is 17.9 Å². The van der Waals surface area contributed by atoms with Crippen molar-refractivity contribution in [3.05, 3.63) is 59.7 Å². The van der Waals surface area contributed by atoms with Gasteiger partial charge < -0.3 is 4.74 Å². The van der Waals surface area contributed by atoms with Crippen LogP contribution >= 0.6 is 11.3 Å². The molecule has 2 N–H and O–H groups in total. The highest BCUT2D eigenvalue weighted by atomic mass is 32.2. The first kappa shape index (κ1) is 18.8. The first-order valence-corrected chi connectivity index (χ1v) is 10.1. The Morgan fingerprint density at radius 2 is 1.78 bits per heavy atom. The van der Waals surface area contributed by atoms with Crippen LogP contribution in [0, 0.1) is 6.92 Å². The van der Waals surface area contributed by atoms with Crippen LogP contribution in [0.3, 0.4) is 0 Å². The molecule has 8 nitrogen and oxygen atoms in total. The summed E-state index contributed by atoms with van der Waals surface area (Å²) in [7, 11) is -2.40. The molecule has 10 heteroatoms. The van der Waals surface area contributed by atoms with E-state index in [0.717, 1.165) is 16.9 Å². The van der Waals surface area contributed by atoms with Gasteiger partial charge in [-0.25, -0.2) is 0 Å². The van der Waals surface area contributed by atoms with Gasteiger partial charge in [-0.1, -0.05) is 29.5 Å². The highest BCUT2D eigenvalue weighted by molar-refractivity contribution is 7.94. The van der Waals surface area contributed by atoms with E-state index in [4.69, 9.17) is 4.74 Å². The van der Waals surface area contributed by atoms with E-state index < -0.39 is 10.0 Å². The van der Waals surface area contributed by atoms with Crippen molar-refractivity contribution in [2.24, 2.45) is 0 Å². The number of nitrogens with zero attached hydrogens (tertiary/aromatic N) is 2. The van der Waals surface area contributed by atoms with Crippen LogP contribution in [0.5, 0.6) is 5.75 Å². The Bertz CT molecular complexity index is 1060. The van der Waals surface area contributed by atoms with Gasteiger partial charge in [-0.3, -0.25) is 14.8 Å². The molecule has 0 saturated heterocycles. The minimum Gasteiger partial charge on any atom is -0.497 e. The van der Waals surface area contributed by atoms with Crippen LogP contribution in [0.2, 0.25) is 0 Å². The molecule has 0 aliphatic carbocycles. The molecule has 0 fully saturated rings. The van der Waals surface area contributed by atoms with Gasteiger partial charge in [0.25, 0.3) is 20.3 Å². The highest BCUT2D eigenvalue weighted by Gasteiger charge is 2.21. The molecule has 3 aromatic rings. The zero-order valence-corrected chi connectivity index (χ0v) is 16.1. The average molecular weight is 404 g/mol. The number of aryl methyl sites for hydroxylation is 1. The fraction of sp³-hybridized carbons (Fsp3) is 0.118. The molecule has 0 aliphatic heterocycles. The second-order valence-corrected chi connectivity index (χ2v) is 8.31. The number of hydrogen-bond acceptors (Lipinski definition) is 7. The van der Waals surface area contributed by atoms with Gasteiger partial charge in [-0.2, -0.15) is 8.42 Å². The molecule has 1 heterocycles. The van der Waals surface area contributed by atoms with Gasteiger partial charge in [-0.05, 0) is 42.8 Å². The molecule has 0 saturated carbocycles. The minimum atomic E-state index is -3.92. The lowest BCUT2D eigenvalue weighted by molar-refractivity contribution is 0.102. The van der Waals surface area contributed by atoms with Gasteiger partial charge in [-0.15, -0.1) is 10.2 Å². The van der Waals surface area contributed by atoms with E-state index in [1.54, 1.807) is 36.4 Å². The van der Waals surface area contributed by atoms with E-state index in [-0.39, 0.29) is 15.4 Å². The number of methoxy groups -OCH3 is 1. The first-order valence-electron chi connectivity index (χ1n) is 7.76. The van der Waals surface area contributed by atoms with Crippen molar-refractivity contribution in [3.8, 4) is 5.75 Å². The Hall–Kier alpha value is -2.98. The number of sulfonamides is 1. The van der Waals surface area contributed by atoms with Gasteiger partial charge in [0, 0.05) is 11.3 Å². The van der Waals surface area contributed by atoms with Crippen molar-refractivity contribution in [1.82, 2.24) is 10.2 Å². The molecular formula is C17H16N4O4S2. The largest absolute Gasteiger partial charge is 0.497 e. The van der Waals surface area contributed by atoms with Crippen LogP contribution in [0.4, 0.5) is 10.8 Å². The van der Waals surface area contributed by atoms with Gasteiger partial charge in [0.1, 0.15) is 5.75 Å². The number of nitrogens with one attached hydrogen (secondary N) is 2. The summed E-state index contributed by atoms with van der Waals surface area (Å²) in [5.74, 6) is 0.228. The highest BCUT2D eigenvalue weighted by Crippen LogP contribution is 2.24. The van der Waals surface area contributed by atoms with Crippen molar-refractivity contribution in [2.45, 2.75) is 11.3 Å². The average Bonchev–Trinajstić information content (AvgIpc) is 3.12. The van der Waals surface area contributed by atoms with E-state index in [2.05, 4.69) is 20.2 Å². The van der Waals surface area contributed by atoms with Gasteiger partial charge >= 0.3 is 0 Å². The monoisotopic (exact) mass is 404 g/mol. The summed E-state index contributed by atoms with van der Waals surface area (Å²) in [6.07, 6.45) is 0. The second-order valence-electron chi connectivity index (χ2n) is 5.48. The summed E-state index contributed by atoms with van der Waals surface area (Å²) in [6.45, 7) is 1.81. The number of amides is 1. The van der Waals surface area contributed by atoms with Crippen LogP contribution in [0.25, 0.3) is 0 Å². The Morgan fingerprint density at radius 1 is 1.07 bits per heavy atom. The first-order chi connectivity index (χ1) is 12.9. The molecule has 0 bridgehead atoms. The molecule has 2 aromatic carbocycles. The normalized spacial score (nSPS) is 11.0. The van der Waals surface area contributed by atoms with E-state index in [0.29, 0.717) is 17.0 Å². The Labute approximate surface area is 160 Å². The molecule has 1 amide bonds. The third-order valence-electron chi connectivity index (χ3n) is 3.59. The van der Waals surface area contributed by atoms with Crippen LogP contribution < -0.4 is 14.8 Å². The number of rotatable bonds is 6. The summed E-state index contributed by atoms with van der Waals surface area (Å²) < 4.78 is 32.0. The fourth-order valence-electron chi connectivity index (χ4n) is 2.22. The standard InChI is InChI=1S/C17H16N4O4S2/c1-11-5-3-4-6-14(11)15(22)18-16-19-20-17(26-16)27(23,24)21-12-7-9-13(25-2)10-8-12/h3-10,21H,1-2H3,(H,18,19,22). The fourth-order valence-corrected chi connectivity index (χ4v) is 4.17. The third-order valence-corrected chi connectivity index (χ3v) is 6.18. The van der Waals surface area contributed by atoms with E-state index in [1.165, 1.54) is 7.11 Å². The van der Waals surface area contributed by atoms with Gasteiger partial charge in [0.15, 0.2) is 0 Å². The SMILES string of the molecule is COc1ccc(NS(=O)(=O)c2nnc(NC(=O)c3ccccc3C)s2)cc1. The lowest BCUT2D eigenvalue weighted by atomic mass is 10.1. The summed E-state index contributed by atoms with van der Waals surface area (Å²) in [6, 6.07) is 13.5. The molecule has 0 aliphatic rings. The number of carbonyl (C=O) groups excluding carboxylic acids is 1. The Balaban J connectivity index is 1.74. The van der Waals surface area contributed by atoms with Gasteiger partial charge in [0.05, 0.1) is 7.11 Å². The summed E-state index contributed by atoms with van der Waals surface area (Å²) in [5, 5.41) is 10.1. The smallest absolute Gasteiger partial charge is 0.291 e. The predicted octanol–water partition coefficient (Wildman–Crippen LogP) is 2.91. The number of anilines is 2. The van der Waals surface area contributed by atoms with Crippen LogP contribution in [-0.4, -0.2) is 31.6 Å². The number of benzene rings is 2. The number of ether oxygens (including phenoxy) is 1. The third kappa shape index (κ3) is 4.41. The van der Waals surface area contributed by atoms with Crippen molar-refractivity contribution in [1.29, 1.82) is 0 Å². The molecule has 0 spiro atoms. The number of hydrogen-bond donors (Lipinski definition) is 2. The van der Waals surface area contributed by atoms with E-state index in [1.807, 2.05) is 19.1 Å². The summed E-state index contributed by atoms with van der Waals surface area (Å²) in [5.41, 5.74) is 1.64. The zero-order chi connectivity index (χ0) is 19.4. The molecule has 27 heavy (non-hydrogen) atoms. The predicted molar refractivity (Wildman–Crippen MR) is 103 cm³/mol. The zero-order valence-electron chi connectivity index (χ0n) is 14.5. The summed E-state index contributed by atoms with van der Waals surface area (Å²) in [4.78, 5) is 12.3. The lowest BCUT2D eigenvalue weighted by Crippen LogP contribution is -2.13. The van der Waals surface area contributed by atoms with Crippen LogP contribution in [0.1, 0.15) is 15.9 Å². The second kappa shape index (κ2) is 7.72. The molecule has 3 rings (SSSR count). The Kier molecular flexibility index (Phi) is 5.38. The van der Waals surface area contributed by atoms with Crippen molar-refractivity contribution in [3.63, 3.8) is 0 Å². The molecule has 0 atom stereocenters. The molecule has 140 valence electrons. The molecule has 0 unspecified atom stereocenters. The topological polar surface area (TPSA) is 110 Å². The molecule has 1 aromatic heterocycles.